The Bertz CT molecular complexity index is 739. The van der Waals surface area contributed by atoms with Crippen molar-refractivity contribution in [2.75, 3.05) is 19.8 Å². The lowest BCUT2D eigenvalue weighted by molar-refractivity contribution is -0.137. The van der Waals surface area contributed by atoms with Gasteiger partial charge in [-0.05, 0) is 39.7 Å². The molecule has 0 amide bonds. The van der Waals surface area contributed by atoms with E-state index in [1.807, 2.05) is 18.2 Å². The fourth-order valence-electron chi connectivity index (χ4n) is 2.71. The summed E-state index contributed by atoms with van der Waals surface area (Å²) in [5.74, 6) is 0.182. The Morgan fingerprint density at radius 3 is 2.62 bits per heavy atom. The second-order valence-corrected chi connectivity index (χ2v) is 9.84. The molecule has 1 aromatic carbocycles. The molecule has 1 aliphatic heterocycles. The van der Waals surface area contributed by atoms with Gasteiger partial charge in [-0.15, -0.1) is 0 Å². The van der Waals surface area contributed by atoms with Gasteiger partial charge in [0.05, 0.1) is 4.75 Å². The van der Waals surface area contributed by atoms with Crippen molar-refractivity contribution < 1.29 is 27.8 Å². The molecule has 0 fully saturated rings. The third-order valence-corrected chi connectivity index (χ3v) is 6.46. The highest BCUT2D eigenvalue weighted by Gasteiger charge is 2.30. The molecule has 0 aromatic heterocycles. The molecular formula is C18H27NO6S. The minimum absolute atomic E-state index is 0.0366. The lowest BCUT2D eigenvalue weighted by Crippen LogP contribution is -2.41. The van der Waals surface area contributed by atoms with Gasteiger partial charge in [-0.3, -0.25) is 4.79 Å². The molecule has 1 aliphatic rings. The van der Waals surface area contributed by atoms with E-state index in [1.165, 1.54) is 0 Å². The molecule has 2 rings (SSSR count). The van der Waals surface area contributed by atoms with Crippen molar-refractivity contribution in [2.24, 2.45) is 0 Å². The fourth-order valence-corrected chi connectivity index (χ4v) is 3.57. The Morgan fingerprint density at radius 2 is 1.96 bits per heavy atom. The van der Waals surface area contributed by atoms with Crippen LogP contribution in [-0.4, -0.2) is 44.0 Å². The van der Waals surface area contributed by atoms with E-state index in [4.69, 9.17) is 14.6 Å². The van der Waals surface area contributed by atoms with Gasteiger partial charge in [-0.2, -0.15) is 0 Å². The number of hydrogen-bond donors (Lipinski definition) is 2. The molecular weight excluding hydrogens is 358 g/mol. The zero-order chi connectivity index (χ0) is 19.4. The molecule has 0 spiro atoms. The average molecular weight is 385 g/mol. The molecule has 0 bridgehead atoms. The predicted octanol–water partition coefficient (Wildman–Crippen LogP) is 2.51. The maximum absolute atomic E-state index is 12.4. The standard InChI is InChI=1S/C18H27NO6S/c1-18(2,3)26(22,23)19-12-13(6-4-9-16(20)21)14-7-5-8-15-17(14)25-11-10-24-15/h5,7-8,13,19H,4,6,9-12H2,1-3H3,(H,20,21). The highest BCUT2D eigenvalue weighted by atomic mass is 32.2. The van der Waals surface area contributed by atoms with E-state index in [9.17, 15) is 13.2 Å². The molecule has 0 aliphatic carbocycles. The van der Waals surface area contributed by atoms with Crippen LogP contribution in [0.2, 0.25) is 0 Å². The number of rotatable bonds is 8. The van der Waals surface area contributed by atoms with Crippen molar-refractivity contribution in [1.82, 2.24) is 4.72 Å². The maximum atomic E-state index is 12.4. The quantitative estimate of drug-likeness (QED) is 0.713. The summed E-state index contributed by atoms with van der Waals surface area (Å²) in [7, 11) is -3.50. The first kappa shape index (κ1) is 20.5. The third-order valence-electron chi connectivity index (χ3n) is 4.31. The van der Waals surface area contributed by atoms with Gasteiger partial charge >= 0.3 is 5.97 Å². The van der Waals surface area contributed by atoms with Crippen LogP contribution in [0.5, 0.6) is 11.5 Å². The zero-order valence-electron chi connectivity index (χ0n) is 15.4. The van der Waals surface area contributed by atoms with Gasteiger partial charge in [0.1, 0.15) is 13.2 Å². The molecule has 1 unspecified atom stereocenters. The van der Waals surface area contributed by atoms with E-state index >= 15 is 0 Å². The van der Waals surface area contributed by atoms with Crippen LogP contribution in [0.4, 0.5) is 0 Å². The van der Waals surface area contributed by atoms with E-state index in [0.29, 0.717) is 37.6 Å². The molecule has 1 heterocycles. The highest BCUT2D eigenvalue weighted by molar-refractivity contribution is 7.90. The largest absolute Gasteiger partial charge is 0.486 e. The topological polar surface area (TPSA) is 102 Å². The van der Waals surface area contributed by atoms with E-state index < -0.39 is 20.7 Å². The first-order valence-corrected chi connectivity index (χ1v) is 10.2. The number of sulfonamides is 1. The summed E-state index contributed by atoms with van der Waals surface area (Å²) in [6.45, 7) is 5.98. The van der Waals surface area contributed by atoms with Crippen LogP contribution in [0.3, 0.4) is 0 Å². The molecule has 1 atom stereocenters. The molecule has 0 saturated heterocycles. The monoisotopic (exact) mass is 385 g/mol. The first-order chi connectivity index (χ1) is 12.1. The van der Waals surface area contributed by atoms with Crippen molar-refractivity contribution in [3.05, 3.63) is 23.8 Å². The summed E-state index contributed by atoms with van der Waals surface area (Å²) in [5.41, 5.74) is 0.837. The number of carboxylic acids is 1. The van der Waals surface area contributed by atoms with Crippen LogP contribution in [0.15, 0.2) is 18.2 Å². The number of fused-ring (bicyclic) bond motifs is 1. The number of hydrogen-bond acceptors (Lipinski definition) is 5. The average Bonchev–Trinajstić information content (AvgIpc) is 2.56. The Hall–Kier alpha value is -1.80. The number of benzene rings is 1. The second-order valence-electron chi connectivity index (χ2n) is 7.32. The Labute approximate surface area is 154 Å². The number of ether oxygens (including phenoxy) is 2. The SMILES string of the molecule is CC(C)(C)S(=O)(=O)NCC(CCCC(=O)O)c1cccc2c1OCCO2. The Kier molecular flexibility index (Phi) is 6.52. The highest BCUT2D eigenvalue weighted by Crippen LogP contribution is 2.39. The number of carboxylic acid groups (broad SMARTS) is 1. The van der Waals surface area contributed by atoms with Crippen molar-refractivity contribution in [3.63, 3.8) is 0 Å². The molecule has 1 aromatic rings. The molecule has 146 valence electrons. The summed E-state index contributed by atoms with van der Waals surface area (Å²) in [4.78, 5) is 10.8. The lowest BCUT2D eigenvalue weighted by Gasteiger charge is -2.27. The summed E-state index contributed by atoms with van der Waals surface area (Å²) in [5, 5.41) is 8.90. The molecule has 8 heteroatoms. The smallest absolute Gasteiger partial charge is 0.303 e. The molecule has 0 saturated carbocycles. The van der Waals surface area contributed by atoms with Crippen molar-refractivity contribution in [2.45, 2.75) is 50.7 Å². The van der Waals surface area contributed by atoms with Crippen LogP contribution in [-0.2, 0) is 14.8 Å². The number of aliphatic carboxylic acids is 1. The second kappa shape index (κ2) is 8.26. The first-order valence-electron chi connectivity index (χ1n) is 8.71. The van der Waals surface area contributed by atoms with Gasteiger partial charge < -0.3 is 14.6 Å². The lowest BCUT2D eigenvalue weighted by atomic mass is 9.92. The fraction of sp³-hybridized carbons (Fsp3) is 0.611. The van der Waals surface area contributed by atoms with Gasteiger partial charge in [0.15, 0.2) is 11.5 Å². The van der Waals surface area contributed by atoms with E-state index in [-0.39, 0.29) is 18.9 Å². The van der Waals surface area contributed by atoms with Crippen LogP contribution >= 0.6 is 0 Å². The van der Waals surface area contributed by atoms with E-state index in [0.717, 1.165) is 5.56 Å². The van der Waals surface area contributed by atoms with Gasteiger partial charge in [-0.1, -0.05) is 12.1 Å². The van der Waals surface area contributed by atoms with Gasteiger partial charge in [0, 0.05) is 24.4 Å². The summed E-state index contributed by atoms with van der Waals surface area (Å²) in [6.07, 6.45) is 1.01. The van der Waals surface area contributed by atoms with Crippen LogP contribution < -0.4 is 14.2 Å². The molecule has 0 radical (unpaired) electrons. The van der Waals surface area contributed by atoms with E-state index in [1.54, 1.807) is 20.8 Å². The van der Waals surface area contributed by atoms with Crippen LogP contribution in [0, 0.1) is 0 Å². The van der Waals surface area contributed by atoms with Gasteiger partial charge in [-0.25, -0.2) is 13.1 Å². The zero-order valence-corrected chi connectivity index (χ0v) is 16.3. The molecule has 7 nitrogen and oxygen atoms in total. The Morgan fingerprint density at radius 1 is 1.27 bits per heavy atom. The van der Waals surface area contributed by atoms with Crippen LogP contribution in [0.25, 0.3) is 0 Å². The van der Waals surface area contributed by atoms with Crippen molar-refractivity contribution >= 4 is 16.0 Å². The Balaban J connectivity index is 2.23. The van der Waals surface area contributed by atoms with Crippen molar-refractivity contribution in [3.8, 4) is 11.5 Å². The van der Waals surface area contributed by atoms with Crippen LogP contribution in [0.1, 0.15) is 51.5 Å². The number of carbonyl (C=O) groups is 1. The third kappa shape index (κ3) is 5.11. The minimum Gasteiger partial charge on any atom is -0.486 e. The normalized spacial score (nSPS) is 15.5. The maximum Gasteiger partial charge on any atom is 0.303 e. The van der Waals surface area contributed by atoms with Gasteiger partial charge in [0.25, 0.3) is 0 Å². The minimum atomic E-state index is -3.50. The molecule has 2 N–H and O–H groups in total. The summed E-state index contributed by atoms with van der Waals surface area (Å²) < 4.78 is 37.9. The summed E-state index contributed by atoms with van der Waals surface area (Å²) >= 11 is 0. The van der Waals surface area contributed by atoms with E-state index in [2.05, 4.69) is 4.72 Å². The summed E-state index contributed by atoms with van der Waals surface area (Å²) in [6, 6.07) is 5.53. The van der Waals surface area contributed by atoms with Crippen molar-refractivity contribution in [1.29, 1.82) is 0 Å². The van der Waals surface area contributed by atoms with Gasteiger partial charge in [0.2, 0.25) is 10.0 Å². The predicted molar refractivity (Wildman–Crippen MR) is 98.3 cm³/mol. The number of para-hydroxylation sites is 1. The number of nitrogens with one attached hydrogen (secondary N) is 1. The molecule has 26 heavy (non-hydrogen) atoms.